The number of likely N-dealkylation sites (tertiary alicyclic amines) is 1. The molecule has 194 valence electrons. The Hall–Kier alpha value is -3.63. The lowest BCUT2D eigenvalue weighted by Crippen LogP contribution is -2.37. The van der Waals surface area contributed by atoms with Crippen LogP contribution in [0.2, 0.25) is 0 Å². The standard InChI is InChI=1S/C34H37N3O/c38-34-30(22-27-10-14-32(15-11-27)36-18-4-5-19-36)25-35(24-29-8-2-1-3-9-29)26-31(34)23-28-12-16-33(17-13-28)37-20-6-7-21-37/h1-3,8-17,22-23H,4-7,18-21,24-26H2/b30-22+,31-23+. The summed E-state index contributed by atoms with van der Waals surface area (Å²) < 4.78 is 0. The van der Waals surface area contributed by atoms with Crippen molar-refractivity contribution < 1.29 is 4.79 Å². The summed E-state index contributed by atoms with van der Waals surface area (Å²) in [5.41, 5.74) is 7.73. The lowest BCUT2D eigenvalue weighted by molar-refractivity contribution is -0.113. The van der Waals surface area contributed by atoms with Gasteiger partial charge >= 0.3 is 0 Å². The molecule has 3 fully saturated rings. The number of rotatable bonds is 6. The van der Waals surface area contributed by atoms with Crippen LogP contribution in [0.5, 0.6) is 0 Å². The van der Waals surface area contributed by atoms with Gasteiger partial charge in [0.1, 0.15) is 0 Å². The SMILES string of the molecule is O=C1/C(=C/c2ccc(N3CCCC3)cc2)CN(Cc2ccccc2)C/C1=C\c1ccc(N2CCCC2)cc1. The van der Waals surface area contributed by atoms with Crippen molar-refractivity contribution in [1.29, 1.82) is 0 Å². The van der Waals surface area contributed by atoms with Gasteiger partial charge in [0.25, 0.3) is 0 Å². The predicted molar refractivity (Wildman–Crippen MR) is 158 cm³/mol. The van der Waals surface area contributed by atoms with Crippen molar-refractivity contribution in [3.63, 3.8) is 0 Å². The number of piperidine rings is 1. The Labute approximate surface area is 226 Å². The fourth-order valence-corrected chi connectivity index (χ4v) is 5.98. The Balaban J connectivity index is 1.26. The summed E-state index contributed by atoms with van der Waals surface area (Å²) in [5.74, 6) is 0.168. The van der Waals surface area contributed by atoms with Crippen molar-refractivity contribution in [3.8, 4) is 0 Å². The van der Waals surface area contributed by atoms with Crippen LogP contribution in [0.1, 0.15) is 42.4 Å². The third-order valence-electron chi connectivity index (χ3n) is 8.03. The van der Waals surface area contributed by atoms with Crippen molar-refractivity contribution in [2.75, 3.05) is 49.1 Å². The van der Waals surface area contributed by atoms with E-state index in [-0.39, 0.29) is 5.78 Å². The molecule has 3 heterocycles. The van der Waals surface area contributed by atoms with E-state index in [1.54, 1.807) is 0 Å². The molecule has 0 aromatic heterocycles. The van der Waals surface area contributed by atoms with Crippen LogP contribution in [0.15, 0.2) is 90.0 Å². The second-order valence-electron chi connectivity index (χ2n) is 10.9. The van der Waals surface area contributed by atoms with Crippen LogP contribution in [0, 0.1) is 0 Å². The molecule has 38 heavy (non-hydrogen) atoms. The van der Waals surface area contributed by atoms with Gasteiger partial charge < -0.3 is 9.80 Å². The summed E-state index contributed by atoms with van der Waals surface area (Å²) >= 11 is 0. The molecule has 0 atom stereocenters. The van der Waals surface area contributed by atoms with Gasteiger partial charge in [0.2, 0.25) is 0 Å². The number of Topliss-reactive ketones (excluding diaryl/α,β-unsaturated/α-hetero) is 1. The van der Waals surface area contributed by atoms with Crippen molar-refractivity contribution in [1.82, 2.24) is 4.90 Å². The maximum Gasteiger partial charge on any atom is 0.187 e. The molecule has 0 saturated carbocycles. The average Bonchev–Trinajstić information content (AvgIpc) is 3.68. The molecule has 3 saturated heterocycles. The van der Waals surface area contributed by atoms with Crippen LogP contribution in [-0.4, -0.2) is 50.0 Å². The molecule has 3 aromatic rings. The van der Waals surface area contributed by atoms with E-state index in [9.17, 15) is 4.79 Å². The smallest absolute Gasteiger partial charge is 0.187 e. The molecule has 4 nitrogen and oxygen atoms in total. The quantitative estimate of drug-likeness (QED) is 0.362. The van der Waals surface area contributed by atoms with Crippen molar-refractivity contribution >= 4 is 29.3 Å². The zero-order valence-electron chi connectivity index (χ0n) is 22.2. The molecule has 0 aliphatic carbocycles. The molecule has 0 unspecified atom stereocenters. The molecular weight excluding hydrogens is 466 g/mol. The largest absolute Gasteiger partial charge is 0.372 e. The van der Waals surface area contributed by atoms with Crippen LogP contribution in [0.4, 0.5) is 11.4 Å². The maximum absolute atomic E-state index is 13.7. The first-order valence-electron chi connectivity index (χ1n) is 14.1. The summed E-state index contributed by atoms with van der Waals surface area (Å²) in [6.07, 6.45) is 9.28. The van der Waals surface area contributed by atoms with Gasteiger partial charge in [-0.05, 0) is 78.8 Å². The third kappa shape index (κ3) is 5.76. The normalized spacial score (nSPS) is 20.7. The number of anilines is 2. The molecule has 0 N–H and O–H groups in total. The van der Waals surface area contributed by atoms with E-state index >= 15 is 0 Å². The first kappa shape index (κ1) is 24.7. The molecule has 0 amide bonds. The molecular formula is C34H37N3O. The zero-order chi connectivity index (χ0) is 25.7. The van der Waals surface area contributed by atoms with Gasteiger partial charge in [0, 0.05) is 68.3 Å². The van der Waals surface area contributed by atoms with E-state index in [0.29, 0.717) is 13.1 Å². The third-order valence-corrected chi connectivity index (χ3v) is 8.03. The zero-order valence-corrected chi connectivity index (χ0v) is 22.2. The highest BCUT2D eigenvalue weighted by molar-refractivity contribution is 6.14. The van der Waals surface area contributed by atoms with Gasteiger partial charge in [-0.25, -0.2) is 0 Å². The number of carbonyl (C=O) groups is 1. The minimum atomic E-state index is 0.168. The van der Waals surface area contributed by atoms with Gasteiger partial charge in [-0.15, -0.1) is 0 Å². The number of carbonyl (C=O) groups excluding carboxylic acids is 1. The summed E-state index contributed by atoms with van der Waals surface area (Å²) in [5, 5.41) is 0. The number of hydrogen-bond acceptors (Lipinski definition) is 4. The monoisotopic (exact) mass is 503 g/mol. The van der Waals surface area contributed by atoms with Crippen molar-refractivity contribution in [3.05, 3.63) is 107 Å². The maximum atomic E-state index is 13.7. The van der Waals surface area contributed by atoms with Crippen LogP contribution in [0.25, 0.3) is 12.2 Å². The minimum Gasteiger partial charge on any atom is -0.372 e. The lowest BCUT2D eigenvalue weighted by Gasteiger charge is -2.30. The molecule has 3 aromatic carbocycles. The van der Waals surface area contributed by atoms with Crippen LogP contribution in [-0.2, 0) is 11.3 Å². The van der Waals surface area contributed by atoms with Crippen LogP contribution < -0.4 is 9.80 Å². The first-order chi connectivity index (χ1) is 18.7. The number of ketones is 1. The molecule has 0 radical (unpaired) electrons. The Morgan fingerprint density at radius 1 is 0.579 bits per heavy atom. The summed E-state index contributed by atoms with van der Waals surface area (Å²) in [7, 11) is 0. The number of benzene rings is 3. The topological polar surface area (TPSA) is 26.8 Å². The van der Waals surface area contributed by atoms with Gasteiger partial charge in [0.15, 0.2) is 5.78 Å². The molecule has 6 rings (SSSR count). The number of nitrogens with zero attached hydrogens (tertiary/aromatic N) is 3. The lowest BCUT2D eigenvalue weighted by atomic mass is 9.93. The van der Waals surface area contributed by atoms with E-state index < -0.39 is 0 Å². The molecule has 4 heteroatoms. The summed E-state index contributed by atoms with van der Waals surface area (Å²) in [6, 6.07) is 28.0. The fraction of sp³-hybridized carbons (Fsp3) is 0.324. The fourth-order valence-electron chi connectivity index (χ4n) is 5.98. The first-order valence-corrected chi connectivity index (χ1v) is 14.1. The van der Waals surface area contributed by atoms with Crippen molar-refractivity contribution in [2.24, 2.45) is 0 Å². The van der Waals surface area contributed by atoms with Crippen LogP contribution in [0.3, 0.4) is 0 Å². The molecule has 3 aliphatic heterocycles. The van der Waals surface area contributed by atoms with Gasteiger partial charge in [0.05, 0.1) is 0 Å². The second-order valence-corrected chi connectivity index (χ2v) is 10.9. The average molecular weight is 504 g/mol. The van der Waals surface area contributed by atoms with Crippen molar-refractivity contribution in [2.45, 2.75) is 32.2 Å². The van der Waals surface area contributed by atoms with Gasteiger partial charge in [-0.3, -0.25) is 9.69 Å². The summed E-state index contributed by atoms with van der Waals surface area (Å²) in [4.78, 5) is 21.0. The highest BCUT2D eigenvalue weighted by atomic mass is 16.1. The Morgan fingerprint density at radius 3 is 1.47 bits per heavy atom. The number of hydrogen-bond donors (Lipinski definition) is 0. The van der Waals surface area contributed by atoms with E-state index in [1.165, 1.54) is 42.6 Å². The van der Waals surface area contributed by atoms with Crippen LogP contribution >= 0.6 is 0 Å². The predicted octanol–water partition coefficient (Wildman–Crippen LogP) is 6.44. The highest BCUT2D eigenvalue weighted by Crippen LogP contribution is 2.27. The second kappa shape index (κ2) is 11.4. The molecule has 3 aliphatic rings. The Kier molecular flexibility index (Phi) is 7.41. The minimum absolute atomic E-state index is 0.168. The Bertz CT molecular complexity index is 1210. The van der Waals surface area contributed by atoms with Gasteiger partial charge in [-0.2, -0.15) is 0 Å². The summed E-state index contributed by atoms with van der Waals surface area (Å²) in [6.45, 7) is 6.70. The highest BCUT2D eigenvalue weighted by Gasteiger charge is 2.26. The van der Waals surface area contributed by atoms with E-state index in [2.05, 4.69) is 106 Å². The van der Waals surface area contributed by atoms with E-state index in [0.717, 1.165) is 55.0 Å². The van der Waals surface area contributed by atoms with E-state index in [1.807, 2.05) is 0 Å². The Morgan fingerprint density at radius 2 is 1.03 bits per heavy atom. The molecule has 0 spiro atoms. The van der Waals surface area contributed by atoms with Gasteiger partial charge in [-0.1, -0.05) is 54.6 Å². The van der Waals surface area contributed by atoms with E-state index in [4.69, 9.17) is 0 Å². The molecule has 0 bridgehead atoms.